The fourth-order valence-electron chi connectivity index (χ4n) is 2.42. The number of benzene rings is 1. The fourth-order valence-corrected chi connectivity index (χ4v) is 2.42. The Bertz CT molecular complexity index is 792. The summed E-state index contributed by atoms with van der Waals surface area (Å²) in [4.78, 5) is 36.6. The van der Waals surface area contributed by atoms with Crippen molar-refractivity contribution in [3.8, 4) is 0 Å². The van der Waals surface area contributed by atoms with Crippen LogP contribution in [0.2, 0.25) is 0 Å². The summed E-state index contributed by atoms with van der Waals surface area (Å²) in [6.07, 6.45) is 0.388. The third-order valence-corrected chi connectivity index (χ3v) is 3.78. The van der Waals surface area contributed by atoms with Gasteiger partial charge in [-0.2, -0.15) is 0 Å². The molecule has 25 heavy (non-hydrogen) atoms. The van der Waals surface area contributed by atoms with Gasteiger partial charge in [-0.25, -0.2) is 4.79 Å². The van der Waals surface area contributed by atoms with Crippen molar-refractivity contribution in [2.45, 2.75) is 19.9 Å². The first-order chi connectivity index (χ1) is 11.9. The molecule has 1 heterocycles. The molecule has 0 spiro atoms. The summed E-state index contributed by atoms with van der Waals surface area (Å²) in [5.74, 6) is -1.43. The summed E-state index contributed by atoms with van der Waals surface area (Å²) in [5.41, 5.74) is 1.38. The van der Waals surface area contributed by atoms with E-state index in [1.165, 1.54) is 11.0 Å². The highest BCUT2D eigenvalue weighted by Crippen LogP contribution is 2.18. The van der Waals surface area contributed by atoms with Crippen LogP contribution in [-0.4, -0.2) is 41.9 Å². The number of nitrogens with zero attached hydrogens (tertiary/aromatic N) is 1. The van der Waals surface area contributed by atoms with Gasteiger partial charge in [-0.15, -0.1) is 0 Å². The van der Waals surface area contributed by atoms with Crippen LogP contribution in [0.25, 0.3) is 0 Å². The zero-order chi connectivity index (χ0) is 18.6. The molecule has 2 rings (SSSR count). The van der Waals surface area contributed by atoms with Gasteiger partial charge >= 0.3 is 5.97 Å². The molecule has 0 atom stereocenters. The molecular weight excluding hydrogens is 324 g/mol. The molecule has 0 radical (unpaired) electrons. The molecule has 0 aliphatic heterocycles. The number of carbonyl (C=O) groups excluding carboxylic acids is 2. The Labute approximate surface area is 145 Å². The third kappa shape index (κ3) is 4.06. The van der Waals surface area contributed by atoms with Crippen molar-refractivity contribution in [2.24, 2.45) is 0 Å². The van der Waals surface area contributed by atoms with E-state index < -0.39 is 11.9 Å². The molecule has 132 valence electrons. The van der Waals surface area contributed by atoms with Crippen molar-refractivity contribution >= 4 is 17.8 Å². The highest BCUT2D eigenvalue weighted by atomic mass is 16.4. The van der Waals surface area contributed by atoms with Gasteiger partial charge in [0.25, 0.3) is 11.8 Å². The van der Waals surface area contributed by atoms with Crippen molar-refractivity contribution in [1.82, 2.24) is 10.2 Å². The summed E-state index contributed by atoms with van der Waals surface area (Å²) in [7, 11) is 3.16. The van der Waals surface area contributed by atoms with E-state index in [9.17, 15) is 14.4 Å². The molecule has 0 aliphatic carbocycles. The number of nitrogens with one attached hydrogen (secondary N) is 1. The number of amides is 2. The van der Waals surface area contributed by atoms with Crippen LogP contribution in [0.3, 0.4) is 0 Å². The molecule has 1 aromatic heterocycles. The molecule has 2 N–H and O–H groups in total. The summed E-state index contributed by atoms with van der Waals surface area (Å²) in [6, 6.07) is 8.14. The maximum atomic E-state index is 12.4. The highest BCUT2D eigenvalue weighted by Gasteiger charge is 2.22. The molecule has 0 saturated carbocycles. The number of aryl methyl sites for hydroxylation is 1. The number of hydrogen-bond donors (Lipinski definition) is 2. The number of carboxylic acid groups (broad SMARTS) is 1. The number of hydrogen-bond acceptors (Lipinski definition) is 4. The Kier molecular flexibility index (Phi) is 5.59. The second-order valence-corrected chi connectivity index (χ2v) is 5.54. The van der Waals surface area contributed by atoms with Gasteiger partial charge in [0, 0.05) is 38.7 Å². The van der Waals surface area contributed by atoms with E-state index in [4.69, 9.17) is 9.52 Å². The topological polar surface area (TPSA) is 99.9 Å². The van der Waals surface area contributed by atoms with Crippen LogP contribution >= 0.6 is 0 Å². The second-order valence-electron chi connectivity index (χ2n) is 5.54. The Morgan fingerprint density at radius 2 is 1.84 bits per heavy atom. The van der Waals surface area contributed by atoms with Gasteiger partial charge in [-0.1, -0.05) is 19.1 Å². The largest absolute Gasteiger partial charge is 0.478 e. The molecule has 0 bridgehead atoms. The quantitative estimate of drug-likeness (QED) is 0.836. The molecule has 0 fully saturated rings. The lowest BCUT2D eigenvalue weighted by molar-refractivity contribution is 0.0692. The first-order valence-corrected chi connectivity index (χ1v) is 7.79. The molecule has 7 nitrogen and oxygen atoms in total. The van der Waals surface area contributed by atoms with E-state index in [1.54, 1.807) is 45.3 Å². The minimum absolute atomic E-state index is 0.00118. The fraction of sp³-hybridized carbons (Fsp3) is 0.278. The zero-order valence-electron chi connectivity index (χ0n) is 14.3. The molecule has 0 unspecified atom stereocenters. The van der Waals surface area contributed by atoms with Crippen LogP contribution in [-0.2, 0) is 13.0 Å². The Morgan fingerprint density at radius 1 is 1.20 bits per heavy atom. The summed E-state index contributed by atoms with van der Waals surface area (Å²) in [6.45, 7) is 2.06. The minimum atomic E-state index is -1.12. The maximum Gasteiger partial charge on any atom is 0.339 e. The molecule has 7 heteroatoms. The average Bonchev–Trinajstić information content (AvgIpc) is 3.05. The predicted octanol–water partition coefficient (Wildman–Crippen LogP) is 2.17. The number of furan rings is 1. The van der Waals surface area contributed by atoms with Crippen LogP contribution < -0.4 is 5.32 Å². The van der Waals surface area contributed by atoms with E-state index >= 15 is 0 Å². The van der Waals surface area contributed by atoms with E-state index in [-0.39, 0.29) is 23.0 Å². The van der Waals surface area contributed by atoms with Crippen LogP contribution in [0.5, 0.6) is 0 Å². The van der Waals surface area contributed by atoms with E-state index in [1.807, 2.05) is 0 Å². The second kappa shape index (κ2) is 7.65. The minimum Gasteiger partial charge on any atom is -0.478 e. The smallest absolute Gasteiger partial charge is 0.339 e. The highest BCUT2D eigenvalue weighted by molar-refractivity contribution is 5.96. The van der Waals surface area contributed by atoms with E-state index in [2.05, 4.69) is 5.32 Å². The predicted molar refractivity (Wildman–Crippen MR) is 90.7 cm³/mol. The Balaban J connectivity index is 2.12. The lowest BCUT2D eigenvalue weighted by atomic mass is 10.1. The van der Waals surface area contributed by atoms with E-state index in [0.717, 1.165) is 5.56 Å². The average molecular weight is 344 g/mol. The monoisotopic (exact) mass is 344 g/mol. The van der Waals surface area contributed by atoms with Gasteiger partial charge in [-0.05, 0) is 17.7 Å². The molecule has 2 aromatic rings. The first kappa shape index (κ1) is 18.3. The summed E-state index contributed by atoms with van der Waals surface area (Å²) in [5, 5.41) is 11.7. The van der Waals surface area contributed by atoms with Crippen molar-refractivity contribution in [1.29, 1.82) is 0 Å². The number of carboxylic acids is 1. The molecule has 0 aliphatic rings. The van der Waals surface area contributed by atoms with Crippen LogP contribution in [0, 0.1) is 0 Å². The molecule has 0 saturated heterocycles. The van der Waals surface area contributed by atoms with Gasteiger partial charge in [0.05, 0.1) is 0 Å². The molecule has 2 amide bonds. The van der Waals surface area contributed by atoms with Crippen molar-refractivity contribution in [2.75, 3.05) is 14.1 Å². The lowest BCUT2D eigenvalue weighted by Gasteiger charge is -2.16. The zero-order valence-corrected chi connectivity index (χ0v) is 14.3. The number of carbonyl (C=O) groups is 3. The van der Waals surface area contributed by atoms with Gasteiger partial charge in [-0.3, -0.25) is 9.59 Å². The normalized spacial score (nSPS) is 10.4. The van der Waals surface area contributed by atoms with Gasteiger partial charge in [0.2, 0.25) is 0 Å². The number of rotatable bonds is 6. The Morgan fingerprint density at radius 3 is 2.32 bits per heavy atom. The van der Waals surface area contributed by atoms with Gasteiger partial charge in [0.15, 0.2) is 5.76 Å². The van der Waals surface area contributed by atoms with Gasteiger partial charge < -0.3 is 19.7 Å². The van der Waals surface area contributed by atoms with Crippen molar-refractivity contribution < 1.29 is 23.9 Å². The lowest BCUT2D eigenvalue weighted by Crippen LogP contribution is -2.26. The standard InChI is InChI=1S/C18H20N2O5/c1-4-14-13(18(23)24)9-15(25-14)17(22)20(3)10-11-5-7-12(8-6-11)16(21)19-2/h5-9H,4,10H2,1-3H3,(H,19,21)(H,23,24). The van der Waals surface area contributed by atoms with Gasteiger partial charge in [0.1, 0.15) is 11.3 Å². The molecule has 1 aromatic carbocycles. The third-order valence-electron chi connectivity index (χ3n) is 3.78. The van der Waals surface area contributed by atoms with Crippen LogP contribution in [0.1, 0.15) is 49.5 Å². The van der Waals surface area contributed by atoms with Crippen LogP contribution in [0.15, 0.2) is 34.7 Å². The SMILES string of the molecule is CCc1oc(C(=O)N(C)Cc2ccc(C(=O)NC)cc2)cc1C(=O)O. The Hall–Kier alpha value is -3.09. The van der Waals surface area contributed by atoms with Crippen molar-refractivity contribution in [3.63, 3.8) is 0 Å². The van der Waals surface area contributed by atoms with Crippen molar-refractivity contribution in [3.05, 3.63) is 58.5 Å². The summed E-state index contributed by atoms with van der Waals surface area (Å²) >= 11 is 0. The maximum absolute atomic E-state index is 12.4. The number of aromatic carboxylic acids is 1. The first-order valence-electron chi connectivity index (χ1n) is 7.79. The molecular formula is C18H20N2O5. The van der Waals surface area contributed by atoms with E-state index in [0.29, 0.717) is 18.5 Å². The summed E-state index contributed by atoms with van der Waals surface area (Å²) < 4.78 is 5.39. The van der Waals surface area contributed by atoms with Crippen LogP contribution in [0.4, 0.5) is 0 Å².